The van der Waals surface area contributed by atoms with Crippen molar-refractivity contribution in [1.82, 2.24) is 9.88 Å². The summed E-state index contributed by atoms with van der Waals surface area (Å²) in [6.45, 7) is 1.91. The van der Waals surface area contributed by atoms with Gasteiger partial charge in [-0.15, -0.1) is 0 Å². The standard InChI is InChI=1S/C33H33FN4O6S/c1-43-26-11-13-30(44-2)31(16-26)45(41,42)36-27-15-23(33(40)35-17-21-6-9-25(34)10-7-21)8-12-29(27)37-18-22-14-24(20-37)28-4-3-5-32(39)38(28)19-22/h3-13,15-16,22,24,36H,14,17-20H2,1-2H3,(H,35,40). The molecule has 3 heterocycles. The SMILES string of the molecule is COc1ccc(OC)c(S(=O)(=O)Nc2cc(C(=O)NCc3ccc(F)cc3)ccc2N2CC3CC(C2)c2cccc(=O)n2C3)c1. The van der Waals surface area contributed by atoms with Crippen LogP contribution in [0.3, 0.4) is 0 Å². The van der Waals surface area contributed by atoms with E-state index in [1.165, 1.54) is 44.6 Å². The molecule has 2 aliphatic heterocycles. The van der Waals surface area contributed by atoms with Crippen LogP contribution in [0.15, 0.2) is 88.6 Å². The van der Waals surface area contributed by atoms with Crippen molar-refractivity contribution in [2.45, 2.75) is 30.3 Å². The molecule has 0 aliphatic carbocycles. The number of nitrogens with zero attached hydrogens (tertiary/aromatic N) is 2. The third-order valence-electron chi connectivity index (χ3n) is 8.35. The lowest BCUT2D eigenvalue weighted by Gasteiger charge is -2.44. The summed E-state index contributed by atoms with van der Waals surface area (Å²) in [5.41, 5.74) is 2.73. The molecule has 12 heteroatoms. The molecule has 2 bridgehead atoms. The Morgan fingerprint density at radius 3 is 2.51 bits per heavy atom. The van der Waals surface area contributed by atoms with Gasteiger partial charge >= 0.3 is 0 Å². The molecule has 6 rings (SSSR count). The predicted molar refractivity (Wildman–Crippen MR) is 168 cm³/mol. The van der Waals surface area contributed by atoms with Crippen LogP contribution in [-0.4, -0.2) is 46.2 Å². The Kier molecular flexibility index (Phi) is 8.24. The molecule has 2 aliphatic rings. The smallest absolute Gasteiger partial charge is 0.265 e. The average molecular weight is 633 g/mol. The average Bonchev–Trinajstić information content (AvgIpc) is 3.04. The number of benzene rings is 3. The van der Waals surface area contributed by atoms with Crippen molar-refractivity contribution < 1.29 is 27.1 Å². The van der Waals surface area contributed by atoms with Gasteiger partial charge < -0.3 is 24.3 Å². The first-order valence-corrected chi connectivity index (χ1v) is 16.0. The normalized spacial score (nSPS) is 17.3. The quantitative estimate of drug-likeness (QED) is 0.282. The van der Waals surface area contributed by atoms with Gasteiger partial charge in [0.2, 0.25) is 0 Å². The molecule has 0 saturated carbocycles. The number of rotatable bonds is 9. The molecule has 45 heavy (non-hydrogen) atoms. The maximum atomic E-state index is 13.9. The van der Waals surface area contributed by atoms with Crippen molar-refractivity contribution in [2.24, 2.45) is 5.92 Å². The topological polar surface area (TPSA) is 119 Å². The number of piperidine rings is 1. The number of methoxy groups -OCH3 is 2. The number of nitrogens with one attached hydrogen (secondary N) is 2. The highest BCUT2D eigenvalue weighted by Gasteiger charge is 2.36. The Labute approximate surface area is 260 Å². The van der Waals surface area contributed by atoms with Gasteiger partial charge in [-0.2, -0.15) is 0 Å². The lowest BCUT2D eigenvalue weighted by atomic mass is 9.83. The molecule has 2 N–H and O–H groups in total. The van der Waals surface area contributed by atoms with Crippen LogP contribution in [0.25, 0.3) is 0 Å². The summed E-state index contributed by atoms with van der Waals surface area (Å²) in [5.74, 6) is -0.0709. The molecular weight excluding hydrogens is 599 g/mol. The molecule has 10 nitrogen and oxygen atoms in total. The van der Waals surface area contributed by atoms with Crippen LogP contribution >= 0.6 is 0 Å². The monoisotopic (exact) mass is 632 g/mol. The lowest BCUT2D eigenvalue weighted by molar-refractivity contribution is 0.0951. The molecule has 0 radical (unpaired) electrons. The molecule has 3 aromatic carbocycles. The molecule has 1 amide bonds. The first kappa shape index (κ1) is 30.2. The summed E-state index contributed by atoms with van der Waals surface area (Å²) >= 11 is 0. The predicted octanol–water partition coefficient (Wildman–Crippen LogP) is 4.36. The fourth-order valence-electron chi connectivity index (χ4n) is 6.21. The number of hydrogen-bond donors (Lipinski definition) is 2. The second-order valence-electron chi connectivity index (χ2n) is 11.3. The summed E-state index contributed by atoms with van der Waals surface area (Å²) in [6, 6.07) is 20.5. The fourth-order valence-corrected chi connectivity index (χ4v) is 7.46. The van der Waals surface area contributed by atoms with Crippen molar-refractivity contribution in [3.05, 3.63) is 112 Å². The van der Waals surface area contributed by atoms with Crippen molar-refractivity contribution in [2.75, 3.05) is 36.9 Å². The second-order valence-corrected chi connectivity index (χ2v) is 12.9. The van der Waals surface area contributed by atoms with Gasteiger partial charge in [0.05, 0.1) is 25.6 Å². The highest BCUT2D eigenvalue weighted by Crippen LogP contribution is 2.40. The van der Waals surface area contributed by atoms with E-state index < -0.39 is 15.9 Å². The van der Waals surface area contributed by atoms with E-state index in [1.807, 2.05) is 10.6 Å². The number of anilines is 2. The number of halogens is 1. The maximum Gasteiger partial charge on any atom is 0.265 e. The van der Waals surface area contributed by atoms with Crippen molar-refractivity contribution in [3.8, 4) is 11.5 Å². The summed E-state index contributed by atoms with van der Waals surface area (Å²) in [4.78, 5) is 27.8. The maximum absolute atomic E-state index is 13.9. The lowest BCUT2D eigenvalue weighted by Crippen LogP contribution is -2.47. The summed E-state index contributed by atoms with van der Waals surface area (Å²) in [6.07, 6.45) is 0.923. The number of aromatic nitrogens is 1. The molecule has 2 atom stereocenters. The zero-order valence-corrected chi connectivity index (χ0v) is 25.6. The number of pyridine rings is 1. The van der Waals surface area contributed by atoms with Crippen molar-refractivity contribution in [1.29, 1.82) is 0 Å². The van der Waals surface area contributed by atoms with Crippen LogP contribution in [0.4, 0.5) is 15.8 Å². The molecule has 1 saturated heterocycles. The minimum atomic E-state index is -4.22. The first-order valence-electron chi connectivity index (χ1n) is 14.5. The third-order valence-corrected chi connectivity index (χ3v) is 9.74. The Morgan fingerprint density at radius 1 is 0.956 bits per heavy atom. The van der Waals surface area contributed by atoms with E-state index in [1.54, 1.807) is 42.5 Å². The van der Waals surface area contributed by atoms with E-state index in [0.29, 0.717) is 36.6 Å². The van der Waals surface area contributed by atoms with Gasteiger partial charge in [-0.05, 0) is 66.4 Å². The van der Waals surface area contributed by atoms with Gasteiger partial charge in [0.15, 0.2) is 0 Å². The van der Waals surface area contributed by atoms with Gasteiger partial charge in [-0.25, -0.2) is 12.8 Å². The second kappa shape index (κ2) is 12.3. The van der Waals surface area contributed by atoms with E-state index in [9.17, 15) is 22.4 Å². The largest absolute Gasteiger partial charge is 0.497 e. The van der Waals surface area contributed by atoms with Crippen LogP contribution in [0.2, 0.25) is 0 Å². The zero-order chi connectivity index (χ0) is 31.7. The third kappa shape index (κ3) is 6.23. The molecule has 234 valence electrons. The van der Waals surface area contributed by atoms with Gasteiger partial charge in [-0.3, -0.25) is 14.3 Å². The Balaban J connectivity index is 1.35. The summed E-state index contributed by atoms with van der Waals surface area (Å²) in [5, 5.41) is 2.82. The van der Waals surface area contributed by atoms with E-state index in [4.69, 9.17) is 9.47 Å². The van der Waals surface area contributed by atoms with E-state index in [2.05, 4.69) is 14.9 Å². The van der Waals surface area contributed by atoms with Crippen LogP contribution in [0.5, 0.6) is 11.5 Å². The Hall–Kier alpha value is -4.84. The van der Waals surface area contributed by atoms with Crippen molar-refractivity contribution >= 4 is 27.3 Å². The van der Waals surface area contributed by atoms with Gasteiger partial charge in [0.25, 0.3) is 21.5 Å². The van der Waals surface area contributed by atoms with Crippen LogP contribution in [0.1, 0.15) is 34.0 Å². The molecule has 1 fully saturated rings. The van der Waals surface area contributed by atoms with Crippen LogP contribution in [0, 0.1) is 11.7 Å². The highest BCUT2D eigenvalue weighted by atomic mass is 32.2. The van der Waals surface area contributed by atoms with Crippen molar-refractivity contribution in [3.63, 3.8) is 0 Å². The van der Waals surface area contributed by atoms with E-state index in [0.717, 1.165) is 12.1 Å². The van der Waals surface area contributed by atoms with Gasteiger partial charge in [0, 0.05) is 55.5 Å². The number of hydrogen-bond acceptors (Lipinski definition) is 7. The number of fused-ring (bicyclic) bond motifs is 4. The number of carbonyl (C=O) groups excluding carboxylic acids is 1. The van der Waals surface area contributed by atoms with Crippen LogP contribution < -0.4 is 30.0 Å². The van der Waals surface area contributed by atoms with Gasteiger partial charge in [0.1, 0.15) is 22.2 Å². The Bertz CT molecular complexity index is 1910. The van der Waals surface area contributed by atoms with E-state index >= 15 is 0 Å². The molecule has 0 spiro atoms. The van der Waals surface area contributed by atoms with Crippen LogP contribution in [-0.2, 0) is 23.1 Å². The zero-order valence-electron chi connectivity index (χ0n) is 24.8. The number of ether oxygens (including phenoxy) is 2. The van der Waals surface area contributed by atoms with Gasteiger partial charge in [-0.1, -0.05) is 18.2 Å². The van der Waals surface area contributed by atoms with E-state index in [-0.39, 0.29) is 51.7 Å². The molecule has 4 aromatic rings. The fraction of sp³-hybridized carbons (Fsp3) is 0.273. The highest BCUT2D eigenvalue weighted by molar-refractivity contribution is 7.92. The Morgan fingerprint density at radius 2 is 1.76 bits per heavy atom. The number of amides is 1. The number of carbonyl (C=O) groups is 1. The minimum absolute atomic E-state index is 0.0210. The molecular formula is C33H33FN4O6S. The minimum Gasteiger partial charge on any atom is -0.497 e. The molecule has 2 unspecified atom stereocenters. The number of sulfonamides is 1. The summed E-state index contributed by atoms with van der Waals surface area (Å²) in [7, 11) is -1.39. The molecule has 1 aromatic heterocycles. The first-order chi connectivity index (χ1) is 21.6. The summed E-state index contributed by atoms with van der Waals surface area (Å²) < 4.78 is 56.2.